The van der Waals surface area contributed by atoms with E-state index in [1.807, 2.05) is 13.8 Å². The molecule has 1 aromatic rings. The van der Waals surface area contributed by atoms with Gasteiger partial charge in [-0.3, -0.25) is 0 Å². The highest BCUT2D eigenvalue weighted by Crippen LogP contribution is 2.21. The van der Waals surface area contributed by atoms with Gasteiger partial charge in [-0.2, -0.15) is 0 Å². The van der Waals surface area contributed by atoms with Crippen molar-refractivity contribution in [1.82, 2.24) is 9.71 Å². The zero-order valence-corrected chi connectivity index (χ0v) is 12.0. The molecule has 0 aliphatic heterocycles. The average molecular weight is 299 g/mol. The Morgan fingerprint density at radius 3 is 2.82 bits per heavy atom. The Morgan fingerprint density at radius 2 is 2.29 bits per heavy atom. The molecule has 0 aliphatic rings. The van der Waals surface area contributed by atoms with Gasteiger partial charge in [-0.05, 0) is 5.92 Å². The van der Waals surface area contributed by atoms with Crippen LogP contribution in [0, 0.1) is 5.92 Å². The molecule has 98 valence electrons. The molecule has 0 amide bonds. The molecule has 1 heterocycles. The number of nitrogens with zero attached hydrogens (tertiary/aromatic N) is 1. The molecule has 0 aromatic carbocycles. The number of nitrogens with one attached hydrogen (secondary N) is 1. The minimum absolute atomic E-state index is 0.117. The van der Waals surface area contributed by atoms with Crippen LogP contribution in [-0.2, 0) is 14.8 Å². The van der Waals surface area contributed by atoms with E-state index in [1.54, 1.807) is 0 Å². The third kappa shape index (κ3) is 5.31. The van der Waals surface area contributed by atoms with Crippen LogP contribution in [0.4, 0.5) is 0 Å². The SMILES string of the molecule is CC(C)COCCNS(=O)(=O)c1cnc(Cl)s1. The Hall–Kier alpha value is -0.210. The van der Waals surface area contributed by atoms with Crippen molar-refractivity contribution in [2.45, 2.75) is 18.1 Å². The van der Waals surface area contributed by atoms with Gasteiger partial charge < -0.3 is 4.74 Å². The number of hydrogen-bond acceptors (Lipinski definition) is 5. The first-order chi connectivity index (χ1) is 7.92. The zero-order valence-electron chi connectivity index (χ0n) is 9.64. The Morgan fingerprint density at radius 1 is 1.59 bits per heavy atom. The standard InChI is InChI=1S/C9H15ClN2O3S2/c1-7(2)6-15-4-3-12-17(13,14)8-5-11-9(10)16-8/h5,7,12H,3-4,6H2,1-2H3. The highest BCUT2D eigenvalue weighted by molar-refractivity contribution is 7.91. The van der Waals surface area contributed by atoms with E-state index in [0.717, 1.165) is 11.3 Å². The second-order valence-electron chi connectivity index (χ2n) is 3.80. The number of thiazole rings is 1. The summed E-state index contributed by atoms with van der Waals surface area (Å²) in [4.78, 5) is 3.68. The molecule has 0 unspecified atom stereocenters. The summed E-state index contributed by atoms with van der Waals surface area (Å²) >= 11 is 6.50. The van der Waals surface area contributed by atoms with Gasteiger partial charge in [-0.1, -0.05) is 36.8 Å². The minimum atomic E-state index is -3.50. The van der Waals surface area contributed by atoms with Crippen LogP contribution in [-0.4, -0.2) is 33.2 Å². The lowest BCUT2D eigenvalue weighted by Gasteiger charge is -2.07. The predicted molar refractivity (Wildman–Crippen MR) is 68.0 cm³/mol. The molecule has 0 aliphatic carbocycles. The summed E-state index contributed by atoms with van der Waals surface area (Å²) in [6, 6.07) is 0. The van der Waals surface area contributed by atoms with Gasteiger partial charge in [0.15, 0.2) is 8.68 Å². The molecule has 0 atom stereocenters. The van der Waals surface area contributed by atoms with Crippen LogP contribution in [0.15, 0.2) is 10.4 Å². The highest BCUT2D eigenvalue weighted by atomic mass is 35.5. The Kier molecular flexibility index (Phi) is 5.81. The molecular weight excluding hydrogens is 284 g/mol. The molecule has 0 spiro atoms. The number of rotatable bonds is 7. The van der Waals surface area contributed by atoms with Gasteiger partial charge in [0.2, 0.25) is 0 Å². The van der Waals surface area contributed by atoms with Gasteiger partial charge in [0.05, 0.1) is 12.8 Å². The maximum absolute atomic E-state index is 11.7. The first kappa shape index (κ1) is 14.8. The van der Waals surface area contributed by atoms with E-state index >= 15 is 0 Å². The molecule has 0 bridgehead atoms. The monoisotopic (exact) mass is 298 g/mol. The van der Waals surface area contributed by atoms with Gasteiger partial charge in [-0.25, -0.2) is 18.1 Å². The molecule has 0 saturated heterocycles. The van der Waals surface area contributed by atoms with Crippen molar-refractivity contribution in [3.05, 3.63) is 10.7 Å². The molecular formula is C9H15ClN2O3S2. The van der Waals surface area contributed by atoms with Crippen molar-refractivity contribution in [3.63, 3.8) is 0 Å². The lowest BCUT2D eigenvalue weighted by molar-refractivity contribution is 0.114. The molecule has 0 fully saturated rings. The van der Waals surface area contributed by atoms with Crippen LogP contribution in [0.5, 0.6) is 0 Å². The molecule has 1 rings (SSSR count). The fraction of sp³-hybridized carbons (Fsp3) is 0.667. The second kappa shape index (κ2) is 6.65. The number of aromatic nitrogens is 1. The summed E-state index contributed by atoms with van der Waals surface area (Å²) in [5.74, 6) is 0.437. The lowest BCUT2D eigenvalue weighted by Crippen LogP contribution is -2.27. The third-order valence-electron chi connectivity index (χ3n) is 1.71. The van der Waals surface area contributed by atoms with Gasteiger partial charge >= 0.3 is 0 Å². The average Bonchev–Trinajstić information content (AvgIpc) is 2.64. The molecule has 8 heteroatoms. The number of ether oxygens (including phenoxy) is 1. The molecule has 5 nitrogen and oxygen atoms in total. The summed E-state index contributed by atoms with van der Waals surface area (Å²) < 4.78 is 31.4. The Balaban J connectivity index is 2.36. The van der Waals surface area contributed by atoms with Crippen molar-refractivity contribution in [3.8, 4) is 0 Å². The van der Waals surface area contributed by atoms with E-state index in [2.05, 4.69) is 9.71 Å². The van der Waals surface area contributed by atoms with E-state index in [0.29, 0.717) is 19.1 Å². The Bertz CT molecular complexity index is 445. The van der Waals surface area contributed by atoms with Crippen LogP contribution in [0.3, 0.4) is 0 Å². The van der Waals surface area contributed by atoms with Crippen LogP contribution >= 0.6 is 22.9 Å². The largest absolute Gasteiger partial charge is 0.380 e. The first-order valence-corrected chi connectivity index (χ1v) is 7.78. The Labute approximate surface area is 110 Å². The maximum atomic E-state index is 11.7. The summed E-state index contributed by atoms with van der Waals surface area (Å²) in [7, 11) is -3.50. The highest BCUT2D eigenvalue weighted by Gasteiger charge is 2.16. The van der Waals surface area contributed by atoms with Gasteiger partial charge in [0.25, 0.3) is 10.0 Å². The lowest BCUT2D eigenvalue weighted by atomic mass is 10.2. The van der Waals surface area contributed by atoms with Gasteiger partial charge in [0.1, 0.15) is 0 Å². The van der Waals surface area contributed by atoms with Crippen LogP contribution in [0.1, 0.15) is 13.8 Å². The van der Waals surface area contributed by atoms with Crippen LogP contribution < -0.4 is 4.72 Å². The summed E-state index contributed by atoms with van der Waals surface area (Å²) in [5, 5.41) is 0. The fourth-order valence-corrected chi connectivity index (χ4v) is 3.35. The van der Waals surface area contributed by atoms with Crippen LogP contribution in [0.25, 0.3) is 0 Å². The van der Waals surface area contributed by atoms with Crippen molar-refractivity contribution in [2.24, 2.45) is 5.92 Å². The van der Waals surface area contributed by atoms with E-state index in [9.17, 15) is 8.42 Å². The smallest absolute Gasteiger partial charge is 0.251 e. The van der Waals surface area contributed by atoms with Crippen molar-refractivity contribution in [1.29, 1.82) is 0 Å². The van der Waals surface area contributed by atoms with E-state index < -0.39 is 10.0 Å². The summed E-state index contributed by atoms with van der Waals surface area (Å²) in [6.45, 7) is 5.27. The van der Waals surface area contributed by atoms with Crippen LogP contribution in [0.2, 0.25) is 4.47 Å². The zero-order chi connectivity index (χ0) is 12.9. The van der Waals surface area contributed by atoms with Crippen molar-refractivity contribution in [2.75, 3.05) is 19.8 Å². The van der Waals surface area contributed by atoms with E-state index in [4.69, 9.17) is 16.3 Å². The maximum Gasteiger partial charge on any atom is 0.251 e. The quantitative estimate of drug-likeness (QED) is 0.779. The third-order valence-corrected chi connectivity index (χ3v) is 4.75. The van der Waals surface area contributed by atoms with Gasteiger partial charge in [-0.15, -0.1) is 0 Å². The minimum Gasteiger partial charge on any atom is -0.380 e. The summed E-state index contributed by atoms with van der Waals surface area (Å²) in [5.41, 5.74) is 0. The van der Waals surface area contributed by atoms with Crippen molar-refractivity contribution >= 4 is 33.0 Å². The molecule has 17 heavy (non-hydrogen) atoms. The number of halogens is 1. The van der Waals surface area contributed by atoms with Gasteiger partial charge in [0, 0.05) is 13.2 Å². The van der Waals surface area contributed by atoms with Crippen molar-refractivity contribution < 1.29 is 13.2 Å². The predicted octanol–water partition coefficient (Wildman–Crippen LogP) is 1.75. The first-order valence-electron chi connectivity index (χ1n) is 5.10. The topological polar surface area (TPSA) is 68.3 Å². The number of sulfonamides is 1. The second-order valence-corrected chi connectivity index (χ2v) is 7.41. The summed E-state index contributed by atoms with van der Waals surface area (Å²) in [6.07, 6.45) is 1.24. The molecule has 0 saturated carbocycles. The van der Waals surface area contributed by atoms with E-state index in [-0.39, 0.29) is 15.2 Å². The van der Waals surface area contributed by atoms with E-state index in [1.165, 1.54) is 6.20 Å². The number of hydrogen-bond donors (Lipinski definition) is 1. The molecule has 0 radical (unpaired) electrons. The molecule has 1 aromatic heterocycles. The fourth-order valence-electron chi connectivity index (χ4n) is 1.00. The normalized spacial score (nSPS) is 12.2. The molecule has 1 N–H and O–H groups in total.